The molecule has 1 aromatic heterocycles. The molecule has 3 heterocycles. The average molecular weight is 313 g/mol. The Balaban J connectivity index is 1.60. The first-order chi connectivity index (χ1) is 11.3. The quantitative estimate of drug-likeness (QED) is 0.939. The first-order valence-corrected chi connectivity index (χ1v) is 7.89. The smallest absolute Gasteiger partial charge is 0.257 e. The number of methoxy groups -OCH3 is 1. The van der Waals surface area contributed by atoms with Crippen LogP contribution < -0.4 is 14.8 Å². The predicted molar refractivity (Wildman–Crippen MR) is 85.5 cm³/mol. The van der Waals surface area contributed by atoms with Crippen molar-refractivity contribution in [1.82, 2.24) is 15.5 Å². The van der Waals surface area contributed by atoms with E-state index >= 15 is 0 Å². The summed E-state index contributed by atoms with van der Waals surface area (Å²) in [5.41, 5.74) is 1.86. The number of hydrogen-bond acceptors (Lipinski definition) is 6. The zero-order chi connectivity index (χ0) is 15.6. The van der Waals surface area contributed by atoms with Crippen molar-refractivity contribution < 1.29 is 14.0 Å². The summed E-state index contributed by atoms with van der Waals surface area (Å²) in [5, 5.41) is 7.53. The van der Waals surface area contributed by atoms with Gasteiger partial charge in [0.05, 0.1) is 12.7 Å². The van der Waals surface area contributed by atoms with Crippen molar-refractivity contribution in [2.45, 2.75) is 18.8 Å². The molecule has 4 rings (SSSR count). The number of nitrogens with zero attached hydrogens (tertiary/aromatic N) is 2. The summed E-state index contributed by atoms with van der Waals surface area (Å²) in [6.07, 6.45) is 4.27. The van der Waals surface area contributed by atoms with Crippen LogP contribution in [0, 0.1) is 0 Å². The zero-order valence-corrected chi connectivity index (χ0v) is 13.0. The standard InChI is InChI=1S/C17H19N3O3/c1-21-14-4-5-15-12(8-14)7-13(10-22-15)17-19-16(20-23-17)11-3-2-6-18-9-11/h4-5,7-8,11,18H,2-3,6,9-10H2,1H3. The normalized spacial score (nSPS) is 20.4. The van der Waals surface area contributed by atoms with Crippen LogP contribution >= 0.6 is 0 Å². The minimum absolute atomic E-state index is 0.332. The minimum atomic E-state index is 0.332. The topological polar surface area (TPSA) is 69.4 Å². The Hall–Kier alpha value is -2.34. The highest BCUT2D eigenvalue weighted by Gasteiger charge is 2.23. The molecule has 6 nitrogen and oxygen atoms in total. The molecule has 1 atom stereocenters. The van der Waals surface area contributed by atoms with Gasteiger partial charge in [0.15, 0.2) is 5.82 Å². The summed E-state index contributed by atoms with van der Waals surface area (Å²) in [7, 11) is 1.65. The van der Waals surface area contributed by atoms with Crippen molar-refractivity contribution >= 4 is 11.6 Å². The third kappa shape index (κ3) is 2.82. The Morgan fingerprint density at radius 2 is 2.30 bits per heavy atom. The Morgan fingerprint density at radius 1 is 1.35 bits per heavy atom. The SMILES string of the molecule is COc1ccc2c(c1)C=C(c1nc(C3CCCNC3)no1)CO2. The van der Waals surface area contributed by atoms with Gasteiger partial charge in [-0.05, 0) is 43.7 Å². The molecule has 0 radical (unpaired) electrons. The van der Waals surface area contributed by atoms with E-state index in [0.717, 1.165) is 54.4 Å². The van der Waals surface area contributed by atoms with Crippen LogP contribution in [0.1, 0.15) is 36.0 Å². The molecule has 120 valence electrons. The van der Waals surface area contributed by atoms with Gasteiger partial charge in [-0.1, -0.05) is 5.16 Å². The highest BCUT2D eigenvalue weighted by atomic mass is 16.5. The average Bonchev–Trinajstić information content (AvgIpc) is 3.11. The highest BCUT2D eigenvalue weighted by molar-refractivity contribution is 5.83. The number of benzene rings is 1. The van der Waals surface area contributed by atoms with Gasteiger partial charge in [0.1, 0.15) is 18.1 Å². The van der Waals surface area contributed by atoms with Crippen LogP contribution in [0.3, 0.4) is 0 Å². The van der Waals surface area contributed by atoms with Gasteiger partial charge in [-0.2, -0.15) is 4.98 Å². The molecule has 2 aliphatic heterocycles. The molecular formula is C17H19N3O3. The first-order valence-electron chi connectivity index (χ1n) is 7.89. The number of ether oxygens (including phenoxy) is 2. The van der Waals surface area contributed by atoms with E-state index in [0.29, 0.717) is 18.4 Å². The van der Waals surface area contributed by atoms with Gasteiger partial charge in [-0.3, -0.25) is 0 Å². The fourth-order valence-corrected chi connectivity index (χ4v) is 3.01. The molecule has 0 bridgehead atoms. The van der Waals surface area contributed by atoms with Gasteiger partial charge in [0, 0.05) is 18.0 Å². The van der Waals surface area contributed by atoms with Gasteiger partial charge >= 0.3 is 0 Å². The molecule has 2 aliphatic rings. The summed E-state index contributed by atoms with van der Waals surface area (Å²) >= 11 is 0. The number of rotatable bonds is 3. The van der Waals surface area contributed by atoms with Crippen LogP contribution in [0.25, 0.3) is 11.6 Å². The van der Waals surface area contributed by atoms with Gasteiger partial charge in [0.2, 0.25) is 0 Å². The summed E-state index contributed by atoms with van der Waals surface area (Å²) < 4.78 is 16.5. The summed E-state index contributed by atoms with van der Waals surface area (Å²) in [6, 6.07) is 5.74. The van der Waals surface area contributed by atoms with Crippen LogP contribution in [0.4, 0.5) is 0 Å². The lowest BCUT2D eigenvalue weighted by molar-refractivity contribution is 0.347. The second-order valence-corrected chi connectivity index (χ2v) is 5.86. The number of hydrogen-bond donors (Lipinski definition) is 1. The highest BCUT2D eigenvalue weighted by Crippen LogP contribution is 2.33. The fourth-order valence-electron chi connectivity index (χ4n) is 3.01. The summed E-state index contributed by atoms with van der Waals surface area (Å²) in [5.74, 6) is 3.29. The van der Waals surface area contributed by atoms with Crippen molar-refractivity contribution in [1.29, 1.82) is 0 Å². The third-order valence-corrected chi connectivity index (χ3v) is 4.31. The molecule has 6 heteroatoms. The molecule has 0 saturated carbocycles. The lowest BCUT2D eigenvalue weighted by Gasteiger charge is -2.19. The summed E-state index contributed by atoms with van der Waals surface area (Å²) in [4.78, 5) is 4.58. The molecule has 1 aromatic carbocycles. The van der Waals surface area contributed by atoms with Gasteiger partial charge in [0.25, 0.3) is 5.89 Å². The van der Waals surface area contributed by atoms with Crippen LogP contribution in [0.15, 0.2) is 22.7 Å². The molecule has 23 heavy (non-hydrogen) atoms. The van der Waals surface area contributed by atoms with Crippen molar-refractivity contribution in [2.24, 2.45) is 0 Å². The van der Waals surface area contributed by atoms with E-state index in [2.05, 4.69) is 15.5 Å². The van der Waals surface area contributed by atoms with Crippen molar-refractivity contribution in [2.75, 3.05) is 26.8 Å². The molecular weight excluding hydrogens is 294 g/mol. The maximum atomic E-state index is 5.78. The third-order valence-electron chi connectivity index (χ3n) is 4.31. The molecule has 0 aliphatic carbocycles. The van der Waals surface area contributed by atoms with Crippen LogP contribution in [0.5, 0.6) is 11.5 Å². The monoisotopic (exact) mass is 313 g/mol. The summed E-state index contributed by atoms with van der Waals surface area (Å²) in [6.45, 7) is 2.41. The second kappa shape index (κ2) is 6.04. The molecule has 0 spiro atoms. The van der Waals surface area contributed by atoms with E-state index in [1.165, 1.54) is 0 Å². The van der Waals surface area contributed by atoms with Crippen LogP contribution in [-0.2, 0) is 0 Å². The van der Waals surface area contributed by atoms with E-state index in [-0.39, 0.29) is 0 Å². The Bertz CT molecular complexity index is 732. The van der Waals surface area contributed by atoms with E-state index in [4.69, 9.17) is 14.0 Å². The molecule has 0 amide bonds. The number of piperidine rings is 1. The van der Waals surface area contributed by atoms with Crippen molar-refractivity contribution in [3.63, 3.8) is 0 Å². The minimum Gasteiger partial charge on any atom is -0.497 e. The van der Waals surface area contributed by atoms with Crippen molar-refractivity contribution in [3.8, 4) is 11.5 Å². The van der Waals surface area contributed by atoms with Crippen LogP contribution in [0.2, 0.25) is 0 Å². The second-order valence-electron chi connectivity index (χ2n) is 5.86. The van der Waals surface area contributed by atoms with Crippen LogP contribution in [-0.4, -0.2) is 36.9 Å². The predicted octanol–water partition coefficient (Wildman–Crippen LogP) is 2.48. The molecule has 1 N–H and O–H groups in total. The number of nitrogens with one attached hydrogen (secondary N) is 1. The van der Waals surface area contributed by atoms with E-state index in [1.54, 1.807) is 7.11 Å². The first kappa shape index (κ1) is 14.3. The molecule has 1 saturated heterocycles. The Kier molecular flexibility index (Phi) is 3.75. The maximum Gasteiger partial charge on any atom is 0.257 e. The maximum absolute atomic E-state index is 5.78. The van der Waals surface area contributed by atoms with E-state index in [1.807, 2.05) is 24.3 Å². The fraction of sp³-hybridized carbons (Fsp3) is 0.412. The van der Waals surface area contributed by atoms with Gasteiger partial charge < -0.3 is 19.3 Å². The molecule has 1 unspecified atom stereocenters. The lowest BCUT2D eigenvalue weighted by Crippen LogP contribution is -2.28. The van der Waals surface area contributed by atoms with E-state index < -0.39 is 0 Å². The lowest BCUT2D eigenvalue weighted by atomic mass is 9.99. The van der Waals surface area contributed by atoms with Gasteiger partial charge in [-0.25, -0.2) is 0 Å². The van der Waals surface area contributed by atoms with Gasteiger partial charge in [-0.15, -0.1) is 0 Å². The Morgan fingerprint density at radius 3 is 3.13 bits per heavy atom. The van der Waals surface area contributed by atoms with Crippen molar-refractivity contribution in [3.05, 3.63) is 35.5 Å². The molecule has 2 aromatic rings. The Labute approximate surface area is 134 Å². The largest absolute Gasteiger partial charge is 0.497 e. The van der Waals surface area contributed by atoms with E-state index in [9.17, 15) is 0 Å². The zero-order valence-electron chi connectivity index (χ0n) is 13.0. The molecule has 1 fully saturated rings. The number of fused-ring (bicyclic) bond motifs is 1. The number of aromatic nitrogens is 2.